The highest BCUT2D eigenvalue weighted by atomic mass is 35.5. The van der Waals surface area contributed by atoms with Crippen molar-refractivity contribution in [2.75, 3.05) is 0 Å². The van der Waals surface area contributed by atoms with Gasteiger partial charge in [-0.2, -0.15) is 0 Å². The first-order chi connectivity index (χ1) is 10.6. The highest BCUT2D eigenvalue weighted by molar-refractivity contribution is 6.34. The first kappa shape index (κ1) is 15.0. The molecule has 3 rings (SSSR count). The molecule has 22 heavy (non-hydrogen) atoms. The Hall–Kier alpha value is -1.91. The van der Waals surface area contributed by atoms with Crippen molar-refractivity contribution in [2.24, 2.45) is 0 Å². The summed E-state index contributed by atoms with van der Waals surface area (Å²) in [6, 6.07) is 10.7. The van der Waals surface area contributed by atoms with Crippen molar-refractivity contribution in [1.29, 1.82) is 0 Å². The van der Waals surface area contributed by atoms with Crippen LogP contribution in [0, 0.1) is 0 Å². The predicted octanol–water partition coefficient (Wildman–Crippen LogP) is 3.05. The van der Waals surface area contributed by atoms with Gasteiger partial charge in [0.2, 0.25) is 0 Å². The van der Waals surface area contributed by atoms with E-state index in [1.54, 1.807) is 18.3 Å². The van der Waals surface area contributed by atoms with Gasteiger partial charge >= 0.3 is 0 Å². The van der Waals surface area contributed by atoms with Crippen molar-refractivity contribution >= 4 is 17.5 Å². The Bertz CT molecular complexity index is 676. The van der Waals surface area contributed by atoms with Gasteiger partial charge in [0.05, 0.1) is 28.4 Å². The van der Waals surface area contributed by atoms with Crippen LogP contribution in [0.5, 0.6) is 0 Å². The summed E-state index contributed by atoms with van der Waals surface area (Å²) in [5.74, 6) is -0.256. The number of carbonyl (C=O) groups excluding carboxylic acids is 1. The van der Waals surface area contributed by atoms with Crippen LogP contribution < -0.4 is 5.32 Å². The van der Waals surface area contributed by atoms with E-state index in [4.69, 9.17) is 11.6 Å². The van der Waals surface area contributed by atoms with Crippen LogP contribution >= 0.6 is 11.6 Å². The third-order valence-electron chi connectivity index (χ3n) is 3.97. The maximum atomic E-state index is 12.4. The quantitative estimate of drug-likeness (QED) is 0.915. The lowest BCUT2D eigenvalue weighted by Gasteiger charge is -2.17. The SMILES string of the molecule is O=C(N[C@@H]1CCC[C@H]1O)c1cc(-c2ccccn2)ccc1Cl. The molecule has 0 bridgehead atoms. The van der Waals surface area contributed by atoms with E-state index < -0.39 is 6.10 Å². The fourth-order valence-corrected chi connectivity index (χ4v) is 2.95. The molecule has 1 fully saturated rings. The average molecular weight is 317 g/mol. The van der Waals surface area contributed by atoms with Gasteiger partial charge in [0.15, 0.2) is 0 Å². The molecular weight excluding hydrogens is 300 g/mol. The number of pyridine rings is 1. The predicted molar refractivity (Wildman–Crippen MR) is 85.8 cm³/mol. The normalized spacial score (nSPS) is 20.8. The second-order valence-corrected chi connectivity index (χ2v) is 5.90. The molecule has 0 radical (unpaired) electrons. The van der Waals surface area contributed by atoms with Crippen LogP contribution in [-0.4, -0.2) is 28.1 Å². The van der Waals surface area contributed by atoms with Gasteiger partial charge in [0.25, 0.3) is 5.91 Å². The second-order valence-electron chi connectivity index (χ2n) is 5.49. The Morgan fingerprint density at radius 1 is 1.27 bits per heavy atom. The Morgan fingerprint density at radius 2 is 2.14 bits per heavy atom. The minimum absolute atomic E-state index is 0.193. The zero-order valence-corrected chi connectivity index (χ0v) is 12.8. The molecule has 1 aromatic heterocycles. The van der Waals surface area contributed by atoms with Gasteiger partial charge in [-0.1, -0.05) is 23.7 Å². The van der Waals surface area contributed by atoms with Gasteiger partial charge in [-0.3, -0.25) is 9.78 Å². The van der Waals surface area contributed by atoms with E-state index in [0.717, 1.165) is 30.5 Å². The zero-order chi connectivity index (χ0) is 15.5. The number of benzene rings is 1. The van der Waals surface area contributed by atoms with E-state index in [1.165, 1.54) is 0 Å². The number of aliphatic hydroxyl groups is 1. The lowest BCUT2D eigenvalue weighted by molar-refractivity contribution is 0.0873. The van der Waals surface area contributed by atoms with E-state index in [1.807, 2.05) is 24.3 Å². The van der Waals surface area contributed by atoms with Crippen molar-refractivity contribution in [3.8, 4) is 11.3 Å². The maximum absolute atomic E-state index is 12.4. The molecule has 1 heterocycles. The third kappa shape index (κ3) is 3.13. The molecule has 1 aromatic carbocycles. The van der Waals surface area contributed by atoms with Gasteiger partial charge in [0.1, 0.15) is 0 Å². The molecular formula is C17H17ClN2O2. The number of hydrogen-bond donors (Lipinski definition) is 2. The summed E-state index contributed by atoms with van der Waals surface area (Å²) in [4.78, 5) is 16.7. The van der Waals surface area contributed by atoms with Crippen molar-refractivity contribution in [2.45, 2.75) is 31.4 Å². The molecule has 2 atom stereocenters. The summed E-state index contributed by atoms with van der Waals surface area (Å²) in [5, 5.41) is 13.1. The molecule has 0 spiro atoms. The monoisotopic (exact) mass is 316 g/mol. The zero-order valence-electron chi connectivity index (χ0n) is 12.0. The lowest BCUT2D eigenvalue weighted by atomic mass is 10.1. The number of carbonyl (C=O) groups is 1. The summed E-state index contributed by atoms with van der Waals surface area (Å²) in [5.41, 5.74) is 2.03. The third-order valence-corrected chi connectivity index (χ3v) is 4.30. The molecule has 0 saturated heterocycles. The minimum Gasteiger partial charge on any atom is -0.391 e. The first-order valence-corrected chi connectivity index (χ1v) is 7.73. The van der Waals surface area contributed by atoms with Crippen LogP contribution in [0.4, 0.5) is 0 Å². The first-order valence-electron chi connectivity index (χ1n) is 7.35. The van der Waals surface area contributed by atoms with Crippen molar-refractivity contribution in [1.82, 2.24) is 10.3 Å². The molecule has 2 aromatic rings. The van der Waals surface area contributed by atoms with Crippen LogP contribution in [0.2, 0.25) is 5.02 Å². The summed E-state index contributed by atoms with van der Waals surface area (Å²) in [6.45, 7) is 0. The largest absolute Gasteiger partial charge is 0.391 e. The number of hydrogen-bond acceptors (Lipinski definition) is 3. The molecule has 2 N–H and O–H groups in total. The van der Waals surface area contributed by atoms with E-state index in [2.05, 4.69) is 10.3 Å². The van der Waals surface area contributed by atoms with Crippen LogP contribution in [0.15, 0.2) is 42.6 Å². The molecule has 4 nitrogen and oxygen atoms in total. The number of aliphatic hydroxyl groups excluding tert-OH is 1. The summed E-state index contributed by atoms with van der Waals surface area (Å²) in [6.07, 6.45) is 3.69. The van der Waals surface area contributed by atoms with E-state index in [-0.39, 0.29) is 11.9 Å². The minimum atomic E-state index is -0.471. The van der Waals surface area contributed by atoms with Crippen molar-refractivity contribution < 1.29 is 9.90 Å². The van der Waals surface area contributed by atoms with Gasteiger partial charge in [0, 0.05) is 11.8 Å². The molecule has 0 unspecified atom stereocenters. The van der Waals surface area contributed by atoms with Crippen molar-refractivity contribution in [3.05, 3.63) is 53.2 Å². The highest BCUT2D eigenvalue weighted by Gasteiger charge is 2.27. The van der Waals surface area contributed by atoms with Crippen LogP contribution in [0.25, 0.3) is 11.3 Å². The summed E-state index contributed by atoms with van der Waals surface area (Å²) in [7, 11) is 0. The maximum Gasteiger partial charge on any atom is 0.253 e. The molecule has 1 aliphatic carbocycles. The Balaban J connectivity index is 1.85. The number of rotatable bonds is 3. The highest BCUT2D eigenvalue weighted by Crippen LogP contribution is 2.25. The van der Waals surface area contributed by atoms with Crippen LogP contribution in [0.3, 0.4) is 0 Å². The number of nitrogens with zero attached hydrogens (tertiary/aromatic N) is 1. The van der Waals surface area contributed by atoms with Gasteiger partial charge < -0.3 is 10.4 Å². The van der Waals surface area contributed by atoms with Gasteiger partial charge in [-0.25, -0.2) is 0 Å². The molecule has 1 amide bonds. The second kappa shape index (κ2) is 6.46. The smallest absolute Gasteiger partial charge is 0.253 e. The molecule has 5 heteroatoms. The average Bonchev–Trinajstić information content (AvgIpc) is 2.93. The standard InChI is InChI=1S/C17H17ClN2O2/c18-13-8-7-11(14-4-1-2-9-19-14)10-12(13)17(22)20-15-5-3-6-16(15)21/h1-2,4,7-10,15-16,21H,3,5-6H2,(H,20,22)/t15-,16-/m1/s1. The number of amides is 1. The summed E-state index contributed by atoms with van der Waals surface area (Å²) < 4.78 is 0. The Kier molecular flexibility index (Phi) is 4.41. The van der Waals surface area contributed by atoms with E-state index in [0.29, 0.717) is 10.6 Å². The number of halogens is 1. The molecule has 0 aliphatic heterocycles. The van der Waals surface area contributed by atoms with E-state index >= 15 is 0 Å². The topological polar surface area (TPSA) is 62.2 Å². The van der Waals surface area contributed by atoms with Gasteiger partial charge in [-0.05, 0) is 43.5 Å². The number of aromatic nitrogens is 1. The van der Waals surface area contributed by atoms with E-state index in [9.17, 15) is 9.90 Å². The Labute approximate surface area is 134 Å². The lowest BCUT2D eigenvalue weighted by Crippen LogP contribution is -2.39. The van der Waals surface area contributed by atoms with Crippen LogP contribution in [-0.2, 0) is 0 Å². The van der Waals surface area contributed by atoms with Crippen molar-refractivity contribution in [3.63, 3.8) is 0 Å². The summed E-state index contributed by atoms with van der Waals surface area (Å²) >= 11 is 6.16. The number of nitrogens with one attached hydrogen (secondary N) is 1. The fourth-order valence-electron chi connectivity index (χ4n) is 2.75. The molecule has 114 valence electrons. The molecule has 1 saturated carbocycles. The van der Waals surface area contributed by atoms with Crippen LogP contribution in [0.1, 0.15) is 29.6 Å². The Morgan fingerprint density at radius 3 is 2.82 bits per heavy atom. The molecule has 1 aliphatic rings. The van der Waals surface area contributed by atoms with Gasteiger partial charge in [-0.15, -0.1) is 0 Å². The fraction of sp³-hybridized carbons (Fsp3) is 0.294.